The van der Waals surface area contributed by atoms with Crippen molar-refractivity contribution in [2.45, 2.75) is 25.7 Å². The predicted octanol–water partition coefficient (Wildman–Crippen LogP) is 0.982. The van der Waals surface area contributed by atoms with Crippen molar-refractivity contribution in [2.24, 2.45) is 0 Å². The van der Waals surface area contributed by atoms with Crippen molar-refractivity contribution in [3.8, 4) is 5.75 Å². The van der Waals surface area contributed by atoms with E-state index in [1.165, 1.54) is 28.6 Å². The molecule has 0 spiro atoms. The van der Waals surface area contributed by atoms with Crippen LogP contribution in [0, 0.1) is 6.92 Å². The van der Waals surface area contributed by atoms with Crippen molar-refractivity contribution in [3.63, 3.8) is 0 Å². The van der Waals surface area contributed by atoms with Crippen molar-refractivity contribution in [1.82, 2.24) is 20.5 Å². The Kier molecular flexibility index (Phi) is 9.37. The highest BCUT2D eigenvalue weighted by Crippen LogP contribution is 2.16. The normalized spacial score (nSPS) is 11.0. The highest BCUT2D eigenvalue weighted by atomic mass is 32.2. The van der Waals surface area contributed by atoms with Gasteiger partial charge < -0.3 is 10.1 Å². The third-order valence-corrected chi connectivity index (χ3v) is 6.63. The number of nitrogens with zero attached hydrogens (tertiary/aromatic N) is 1. The van der Waals surface area contributed by atoms with Crippen LogP contribution in [0.5, 0.6) is 5.75 Å². The largest absolute Gasteiger partial charge is 0.484 e. The zero-order valence-electron chi connectivity index (χ0n) is 18.8. The number of hydrogen-bond donors (Lipinski definition) is 3. The Morgan fingerprint density at radius 2 is 1.58 bits per heavy atom. The standard InChI is InChI=1S/C22H28N4O6S/c1-4-26(5-2)33(30,31)19-11-9-17(10-12-19)22(29)23-14-20(27)24-25-21(28)15-32-18-8-6-7-16(3)13-18/h6-13H,4-5,14-15H2,1-3H3,(H,23,29)(H,24,27)(H,25,28). The van der Waals surface area contributed by atoms with Crippen molar-refractivity contribution < 1.29 is 27.5 Å². The first-order valence-corrected chi connectivity index (χ1v) is 11.8. The number of benzene rings is 2. The van der Waals surface area contributed by atoms with E-state index in [4.69, 9.17) is 4.74 Å². The molecule has 0 aromatic heterocycles. The van der Waals surface area contributed by atoms with Crippen LogP contribution in [0.25, 0.3) is 0 Å². The number of hydrazine groups is 1. The van der Waals surface area contributed by atoms with E-state index >= 15 is 0 Å². The Morgan fingerprint density at radius 1 is 0.939 bits per heavy atom. The minimum absolute atomic E-state index is 0.0797. The minimum Gasteiger partial charge on any atom is -0.484 e. The van der Waals surface area contributed by atoms with E-state index in [1.807, 2.05) is 13.0 Å². The molecule has 0 atom stereocenters. The van der Waals surface area contributed by atoms with Gasteiger partial charge in [0.05, 0.1) is 11.4 Å². The second-order valence-electron chi connectivity index (χ2n) is 7.00. The molecule has 0 bridgehead atoms. The van der Waals surface area contributed by atoms with Crippen LogP contribution in [-0.4, -0.2) is 56.7 Å². The van der Waals surface area contributed by atoms with Crippen molar-refractivity contribution >= 4 is 27.7 Å². The number of hydrogen-bond acceptors (Lipinski definition) is 6. The van der Waals surface area contributed by atoms with Crippen molar-refractivity contribution in [2.75, 3.05) is 26.2 Å². The molecule has 2 aromatic rings. The lowest BCUT2D eigenvalue weighted by molar-refractivity contribution is -0.129. The molecule has 0 aliphatic heterocycles. The Bertz CT molecular complexity index is 1080. The molecule has 0 saturated heterocycles. The van der Waals surface area contributed by atoms with Gasteiger partial charge in [-0.2, -0.15) is 4.31 Å². The van der Waals surface area contributed by atoms with Crippen molar-refractivity contribution in [1.29, 1.82) is 0 Å². The summed E-state index contributed by atoms with van der Waals surface area (Å²) in [6.07, 6.45) is 0. The zero-order chi connectivity index (χ0) is 24.4. The number of sulfonamides is 1. The molecule has 2 aromatic carbocycles. The molecule has 0 unspecified atom stereocenters. The molecule has 0 aliphatic carbocycles. The molecule has 0 saturated carbocycles. The summed E-state index contributed by atoms with van der Waals surface area (Å²) in [5, 5.41) is 2.40. The second-order valence-corrected chi connectivity index (χ2v) is 8.94. The molecule has 33 heavy (non-hydrogen) atoms. The molecular formula is C22H28N4O6S. The third kappa shape index (κ3) is 7.58. The average molecular weight is 477 g/mol. The molecule has 3 amide bonds. The van der Waals surface area contributed by atoms with E-state index in [0.29, 0.717) is 18.8 Å². The van der Waals surface area contributed by atoms with E-state index in [2.05, 4.69) is 16.2 Å². The minimum atomic E-state index is -3.62. The van der Waals surface area contributed by atoms with E-state index in [9.17, 15) is 22.8 Å². The van der Waals surface area contributed by atoms with Gasteiger partial charge in [0, 0.05) is 18.7 Å². The number of carbonyl (C=O) groups excluding carboxylic acids is 3. The quantitative estimate of drug-likeness (QED) is 0.438. The maximum atomic E-state index is 12.5. The van der Waals surface area contributed by atoms with E-state index in [1.54, 1.807) is 32.0 Å². The maximum absolute atomic E-state index is 12.5. The summed E-state index contributed by atoms with van der Waals surface area (Å²) >= 11 is 0. The lowest BCUT2D eigenvalue weighted by Gasteiger charge is -2.18. The molecular weight excluding hydrogens is 448 g/mol. The number of amides is 3. The topological polar surface area (TPSA) is 134 Å². The molecule has 11 heteroatoms. The lowest BCUT2D eigenvalue weighted by atomic mass is 10.2. The summed E-state index contributed by atoms with van der Waals surface area (Å²) in [4.78, 5) is 35.9. The van der Waals surface area contributed by atoms with E-state index in [0.717, 1.165) is 5.56 Å². The summed E-state index contributed by atoms with van der Waals surface area (Å²) in [5.74, 6) is -1.25. The Labute approximate surface area is 193 Å². The van der Waals surface area contributed by atoms with Gasteiger partial charge in [-0.15, -0.1) is 0 Å². The fourth-order valence-electron chi connectivity index (χ4n) is 2.83. The lowest BCUT2D eigenvalue weighted by Crippen LogP contribution is -2.47. The SMILES string of the molecule is CCN(CC)S(=O)(=O)c1ccc(C(=O)NCC(=O)NNC(=O)COc2cccc(C)c2)cc1. The Hall–Kier alpha value is -3.44. The molecule has 0 aliphatic rings. The van der Waals surface area contributed by atoms with Gasteiger partial charge in [0.1, 0.15) is 5.75 Å². The number of carbonyl (C=O) groups is 3. The predicted molar refractivity (Wildman–Crippen MR) is 122 cm³/mol. The molecule has 2 rings (SSSR count). The monoisotopic (exact) mass is 476 g/mol. The molecule has 0 fully saturated rings. The highest BCUT2D eigenvalue weighted by molar-refractivity contribution is 7.89. The van der Waals surface area contributed by atoms with E-state index < -0.39 is 34.3 Å². The number of ether oxygens (including phenoxy) is 1. The number of aryl methyl sites for hydroxylation is 1. The van der Waals surface area contributed by atoms with Gasteiger partial charge in [0.25, 0.3) is 17.7 Å². The van der Waals surface area contributed by atoms with Gasteiger partial charge in [-0.3, -0.25) is 25.2 Å². The maximum Gasteiger partial charge on any atom is 0.276 e. The van der Waals surface area contributed by atoms with Crippen LogP contribution in [0.4, 0.5) is 0 Å². The van der Waals surface area contributed by atoms with Crippen LogP contribution in [0.2, 0.25) is 0 Å². The first kappa shape index (κ1) is 25.8. The molecule has 0 radical (unpaired) electrons. The van der Waals surface area contributed by atoms with E-state index in [-0.39, 0.29) is 17.1 Å². The summed E-state index contributed by atoms with van der Waals surface area (Å²) < 4.78 is 31.6. The molecule has 0 heterocycles. The Morgan fingerprint density at radius 3 is 2.18 bits per heavy atom. The second kappa shape index (κ2) is 12.0. The third-order valence-electron chi connectivity index (χ3n) is 4.57. The van der Waals surface area contributed by atoms with Gasteiger partial charge >= 0.3 is 0 Å². The van der Waals surface area contributed by atoms with Crippen LogP contribution in [0.3, 0.4) is 0 Å². The van der Waals surface area contributed by atoms with Gasteiger partial charge in [0.2, 0.25) is 10.0 Å². The molecule has 10 nitrogen and oxygen atoms in total. The van der Waals surface area contributed by atoms with Gasteiger partial charge in [-0.25, -0.2) is 8.42 Å². The van der Waals surface area contributed by atoms with Crippen LogP contribution < -0.4 is 20.9 Å². The number of nitrogens with one attached hydrogen (secondary N) is 3. The molecule has 3 N–H and O–H groups in total. The van der Waals surface area contributed by atoms with Gasteiger partial charge in [-0.05, 0) is 48.9 Å². The van der Waals surface area contributed by atoms with Gasteiger partial charge in [0.15, 0.2) is 6.61 Å². The summed E-state index contributed by atoms with van der Waals surface area (Å²) in [6, 6.07) is 12.6. The van der Waals surface area contributed by atoms with Crippen LogP contribution in [-0.2, 0) is 19.6 Å². The zero-order valence-corrected chi connectivity index (χ0v) is 19.6. The fraction of sp³-hybridized carbons (Fsp3) is 0.318. The Balaban J connectivity index is 1.78. The van der Waals surface area contributed by atoms with Crippen molar-refractivity contribution in [3.05, 3.63) is 59.7 Å². The first-order chi connectivity index (χ1) is 15.7. The van der Waals surface area contributed by atoms with Gasteiger partial charge in [-0.1, -0.05) is 26.0 Å². The first-order valence-electron chi connectivity index (χ1n) is 10.3. The fourth-order valence-corrected chi connectivity index (χ4v) is 4.29. The van der Waals surface area contributed by atoms with Crippen LogP contribution in [0.1, 0.15) is 29.8 Å². The average Bonchev–Trinajstić information content (AvgIpc) is 2.80. The summed E-state index contributed by atoms with van der Waals surface area (Å²) in [6.45, 7) is 5.37. The smallest absolute Gasteiger partial charge is 0.276 e. The highest BCUT2D eigenvalue weighted by Gasteiger charge is 2.21. The molecule has 178 valence electrons. The van der Waals surface area contributed by atoms with Crippen LogP contribution >= 0.6 is 0 Å². The van der Waals surface area contributed by atoms with Crippen LogP contribution in [0.15, 0.2) is 53.4 Å². The number of rotatable bonds is 10. The summed E-state index contributed by atoms with van der Waals surface area (Å²) in [7, 11) is -3.62. The summed E-state index contributed by atoms with van der Waals surface area (Å²) in [5.41, 5.74) is 5.54.